The van der Waals surface area contributed by atoms with Gasteiger partial charge in [-0.25, -0.2) is 28.4 Å². The van der Waals surface area contributed by atoms with E-state index in [1.165, 1.54) is 24.3 Å². The standard InChI is InChI=1S/2C14H6F6N2.CHF3O3S.Cu/c2*15-13(16,17)9-5-3-7-1-2-8-4-6-10(14(18,19)20)22-12(8)11(7)21-9;2-1(3,4)8(5,6)7;/h2*1-6H;(H,5,6,7);/q;;;+1/p-1. The van der Waals surface area contributed by atoms with Gasteiger partial charge in [0.05, 0.1) is 22.1 Å². The summed E-state index contributed by atoms with van der Waals surface area (Å²) in [6.07, 6.45) is -18.7. The first-order valence-electron chi connectivity index (χ1n) is 13.3. The summed E-state index contributed by atoms with van der Waals surface area (Å²) in [7, 11) is -6.09. The summed E-state index contributed by atoms with van der Waals surface area (Å²) < 4.78 is 212. The Labute approximate surface area is 295 Å². The van der Waals surface area contributed by atoms with Crippen LogP contribution < -0.4 is 0 Å². The van der Waals surface area contributed by atoms with E-state index in [0.29, 0.717) is 0 Å². The Balaban J connectivity index is 0.000000234. The minimum Gasteiger partial charge on any atom is -0.741 e. The van der Waals surface area contributed by atoms with Crippen LogP contribution in [0.3, 0.4) is 0 Å². The first-order valence-corrected chi connectivity index (χ1v) is 14.7. The first kappa shape index (κ1) is 42.9. The largest absolute Gasteiger partial charge is 1.00 e. The predicted molar refractivity (Wildman–Crippen MR) is 150 cm³/mol. The van der Waals surface area contributed by atoms with Gasteiger partial charge in [-0.15, -0.1) is 0 Å². The zero-order valence-corrected chi connectivity index (χ0v) is 26.6. The van der Waals surface area contributed by atoms with Crippen molar-refractivity contribution in [3.05, 3.63) is 95.6 Å². The van der Waals surface area contributed by atoms with Gasteiger partial charge in [-0.3, -0.25) is 0 Å². The second kappa shape index (κ2) is 14.7. The number of halogens is 15. The molecule has 0 fully saturated rings. The van der Waals surface area contributed by atoms with Crippen molar-refractivity contribution in [3.8, 4) is 0 Å². The van der Waals surface area contributed by atoms with Gasteiger partial charge in [0, 0.05) is 21.5 Å². The summed E-state index contributed by atoms with van der Waals surface area (Å²) in [4.78, 5) is 13.8. The van der Waals surface area contributed by atoms with Crippen molar-refractivity contribution >= 4 is 53.7 Å². The van der Waals surface area contributed by atoms with Crippen molar-refractivity contribution in [2.45, 2.75) is 30.2 Å². The molecule has 0 atom stereocenters. The van der Waals surface area contributed by atoms with Gasteiger partial charge in [0.2, 0.25) is 0 Å². The maximum atomic E-state index is 12.7. The zero-order valence-electron chi connectivity index (χ0n) is 24.8. The van der Waals surface area contributed by atoms with Crippen LogP contribution in [-0.4, -0.2) is 38.4 Å². The van der Waals surface area contributed by atoms with Gasteiger partial charge >= 0.3 is 47.3 Å². The zero-order chi connectivity index (χ0) is 39.2. The molecular formula is C29H12CuF15N4O3S. The number of hydrogen-bond acceptors (Lipinski definition) is 7. The van der Waals surface area contributed by atoms with Crippen molar-refractivity contribution < 1.29 is 95.9 Å². The number of nitrogens with zero attached hydrogens (tertiary/aromatic N) is 4. The molecule has 6 rings (SSSR count). The number of fused-ring (bicyclic) bond motifs is 6. The molecule has 4 heterocycles. The fourth-order valence-corrected chi connectivity index (χ4v) is 4.17. The molecular weight excluding hydrogens is 833 g/mol. The van der Waals surface area contributed by atoms with E-state index in [1.807, 2.05) is 0 Å². The molecule has 0 spiro atoms. The number of pyridine rings is 4. The Morgan fingerprint density at radius 1 is 0.377 bits per heavy atom. The monoisotopic (exact) mass is 844 g/mol. The van der Waals surface area contributed by atoms with Gasteiger partial charge in [-0.1, -0.05) is 48.5 Å². The second-order valence-corrected chi connectivity index (χ2v) is 11.5. The van der Waals surface area contributed by atoms with Crippen LogP contribution in [-0.2, 0) is 51.9 Å². The molecule has 24 heteroatoms. The van der Waals surface area contributed by atoms with Gasteiger partial charge in [0.15, 0.2) is 10.1 Å². The van der Waals surface area contributed by atoms with E-state index in [4.69, 9.17) is 13.0 Å². The maximum Gasteiger partial charge on any atom is 1.00 e. The normalized spacial score (nSPS) is 12.9. The molecule has 4 aromatic heterocycles. The molecule has 53 heavy (non-hydrogen) atoms. The molecule has 0 amide bonds. The van der Waals surface area contributed by atoms with E-state index in [1.54, 1.807) is 0 Å². The van der Waals surface area contributed by atoms with Crippen molar-refractivity contribution in [2.24, 2.45) is 0 Å². The van der Waals surface area contributed by atoms with Gasteiger partial charge in [-0.05, 0) is 24.3 Å². The molecule has 0 aliphatic heterocycles. The molecule has 7 nitrogen and oxygen atoms in total. The van der Waals surface area contributed by atoms with Crippen molar-refractivity contribution in [2.75, 3.05) is 0 Å². The van der Waals surface area contributed by atoms with Crippen LogP contribution in [0.1, 0.15) is 22.8 Å². The van der Waals surface area contributed by atoms with Crippen LogP contribution in [0.5, 0.6) is 0 Å². The Hall–Kier alpha value is -4.54. The molecule has 0 aliphatic rings. The van der Waals surface area contributed by atoms with E-state index in [-0.39, 0.29) is 60.7 Å². The van der Waals surface area contributed by atoms with Gasteiger partial charge in [0.25, 0.3) is 0 Å². The summed E-state index contributed by atoms with van der Waals surface area (Å²) in [5, 5.41) is 1.14. The van der Waals surface area contributed by atoms with Gasteiger partial charge in [-0.2, -0.15) is 65.9 Å². The van der Waals surface area contributed by atoms with E-state index in [0.717, 1.165) is 48.5 Å². The third kappa shape index (κ3) is 10.1. The maximum absolute atomic E-state index is 12.7. The summed E-state index contributed by atoms with van der Waals surface area (Å²) in [6.45, 7) is 0. The summed E-state index contributed by atoms with van der Waals surface area (Å²) in [5.74, 6) is 0. The van der Waals surface area contributed by atoms with Crippen LogP contribution in [0.4, 0.5) is 65.9 Å². The van der Waals surface area contributed by atoms with E-state index < -0.39 is 63.1 Å². The minimum atomic E-state index is -6.09. The molecule has 2 aromatic carbocycles. The topological polar surface area (TPSA) is 109 Å². The van der Waals surface area contributed by atoms with Crippen LogP contribution >= 0.6 is 0 Å². The number of hydrogen-bond donors (Lipinski definition) is 0. The fourth-order valence-electron chi connectivity index (χ4n) is 4.17. The third-order valence-electron chi connectivity index (χ3n) is 6.48. The number of alkyl halides is 15. The van der Waals surface area contributed by atoms with E-state index in [2.05, 4.69) is 19.9 Å². The molecule has 0 saturated heterocycles. The minimum absolute atomic E-state index is 0. The summed E-state index contributed by atoms with van der Waals surface area (Å²) in [6, 6.07) is 13.7. The number of aromatic nitrogens is 4. The second-order valence-electron chi connectivity index (χ2n) is 10.1. The first-order chi connectivity index (χ1) is 23.6. The molecule has 288 valence electrons. The summed E-state index contributed by atoms with van der Waals surface area (Å²) in [5.41, 5.74) is -11.2. The third-order valence-corrected chi connectivity index (χ3v) is 7.05. The van der Waals surface area contributed by atoms with Crippen molar-refractivity contribution in [3.63, 3.8) is 0 Å². The fraction of sp³-hybridized carbons (Fsp3) is 0.172. The molecule has 0 bridgehead atoms. The van der Waals surface area contributed by atoms with Crippen LogP contribution in [0.2, 0.25) is 0 Å². The van der Waals surface area contributed by atoms with E-state index >= 15 is 0 Å². The average Bonchev–Trinajstić information content (AvgIpc) is 3.01. The van der Waals surface area contributed by atoms with Gasteiger partial charge < -0.3 is 4.55 Å². The Bertz CT molecular complexity index is 2100. The van der Waals surface area contributed by atoms with Crippen molar-refractivity contribution in [1.29, 1.82) is 0 Å². The van der Waals surface area contributed by atoms with Crippen LogP contribution in [0.15, 0.2) is 72.8 Å². The smallest absolute Gasteiger partial charge is 0.741 e. The van der Waals surface area contributed by atoms with E-state index in [9.17, 15) is 65.9 Å². The van der Waals surface area contributed by atoms with Crippen LogP contribution in [0, 0.1) is 0 Å². The number of rotatable bonds is 0. The molecule has 0 unspecified atom stereocenters. The molecule has 0 aliphatic carbocycles. The Morgan fingerprint density at radius 2 is 0.528 bits per heavy atom. The summed E-state index contributed by atoms with van der Waals surface area (Å²) >= 11 is 0. The van der Waals surface area contributed by atoms with Crippen molar-refractivity contribution in [1.82, 2.24) is 19.9 Å². The number of benzene rings is 2. The molecule has 0 saturated carbocycles. The van der Waals surface area contributed by atoms with Gasteiger partial charge in [0.1, 0.15) is 22.8 Å². The quantitative estimate of drug-likeness (QED) is 0.0493. The molecule has 0 radical (unpaired) electrons. The molecule has 6 aromatic rings. The molecule has 0 N–H and O–H groups in total. The SMILES string of the molecule is FC(F)(F)c1ccc2ccc3ccc(C(F)(F)F)nc3c2n1.FC(F)(F)c1ccc2ccc3ccc(C(F)(F)F)nc3c2n1.O=S(=O)([O-])C(F)(F)F.[Cu+]. The predicted octanol–water partition coefficient (Wildman–Crippen LogP) is 9.69. The Morgan fingerprint density at radius 3 is 0.660 bits per heavy atom. The Kier molecular flexibility index (Phi) is 11.9. The average molecular weight is 845 g/mol. The van der Waals surface area contributed by atoms with Crippen LogP contribution in [0.25, 0.3) is 43.6 Å².